The van der Waals surface area contributed by atoms with Gasteiger partial charge in [0.25, 0.3) is 5.56 Å². The second-order valence-electron chi connectivity index (χ2n) is 4.31. The van der Waals surface area contributed by atoms with Crippen LogP contribution >= 0.6 is 23.4 Å². The van der Waals surface area contributed by atoms with Crippen molar-refractivity contribution in [3.63, 3.8) is 0 Å². The molecule has 0 aliphatic carbocycles. The van der Waals surface area contributed by atoms with Crippen LogP contribution in [-0.2, 0) is 11.5 Å². The Morgan fingerprint density at radius 2 is 2.30 bits per heavy atom. The fraction of sp³-hybridized carbons (Fsp3) is 0.231. The van der Waals surface area contributed by atoms with Gasteiger partial charge in [0.1, 0.15) is 5.75 Å². The molecule has 1 aromatic heterocycles. The Morgan fingerprint density at radius 3 is 3.05 bits per heavy atom. The van der Waals surface area contributed by atoms with Crippen molar-refractivity contribution in [2.75, 3.05) is 12.4 Å². The van der Waals surface area contributed by atoms with E-state index in [0.717, 1.165) is 28.5 Å². The lowest BCUT2D eigenvalue weighted by atomic mass is 10.3. The van der Waals surface area contributed by atoms with Crippen LogP contribution in [0, 0.1) is 0 Å². The summed E-state index contributed by atoms with van der Waals surface area (Å²) in [5.74, 6) is 2.53. The summed E-state index contributed by atoms with van der Waals surface area (Å²) in [6.45, 7) is 0. The molecule has 5 nitrogen and oxygen atoms in total. The van der Waals surface area contributed by atoms with E-state index in [-0.39, 0.29) is 5.56 Å². The van der Waals surface area contributed by atoms with Gasteiger partial charge in [0.05, 0.1) is 17.8 Å². The zero-order valence-corrected chi connectivity index (χ0v) is 12.3. The predicted octanol–water partition coefficient (Wildman–Crippen LogP) is 2.92. The molecule has 20 heavy (non-hydrogen) atoms. The number of fused-ring (bicyclic) bond motifs is 1. The molecule has 0 amide bonds. The third-order valence-corrected chi connectivity index (χ3v) is 4.27. The van der Waals surface area contributed by atoms with Gasteiger partial charge in [0.2, 0.25) is 5.95 Å². The van der Waals surface area contributed by atoms with E-state index in [0.29, 0.717) is 16.7 Å². The highest BCUT2D eigenvalue weighted by molar-refractivity contribution is 7.98. The molecular weight excluding hydrogens is 298 g/mol. The normalized spacial score (nSPS) is 13.1. The molecule has 0 saturated heterocycles. The summed E-state index contributed by atoms with van der Waals surface area (Å²) in [6.07, 6.45) is 0. The molecular formula is C13H12ClN3O2S. The molecule has 2 N–H and O–H groups in total. The lowest BCUT2D eigenvalue weighted by molar-refractivity contribution is 0.415. The Hall–Kier alpha value is -1.66. The second-order valence-corrected chi connectivity index (χ2v) is 5.70. The molecule has 0 bridgehead atoms. The van der Waals surface area contributed by atoms with Crippen LogP contribution in [-0.4, -0.2) is 17.1 Å². The minimum atomic E-state index is -0.0814. The van der Waals surface area contributed by atoms with Crippen molar-refractivity contribution in [1.29, 1.82) is 0 Å². The summed E-state index contributed by atoms with van der Waals surface area (Å²) in [5.41, 5.74) is 2.28. The molecule has 0 fully saturated rings. The Kier molecular flexibility index (Phi) is 3.58. The van der Waals surface area contributed by atoms with Crippen LogP contribution in [0.4, 0.5) is 11.6 Å². The number of benzene rings is 1. The maximum atomic E-state index is 11.9. The highest BCUT2D eigenvalue weighted by atomic mass is 35.5. The number of rotatable bonds is 3. The van der Waals surface area contributed by atoms with Gasteiger partial charge in [-0.15, -0.1) is 0 Å². The van der Waals surface area contributed by atoms with Gasteiger partial charge in [-0.3, -0.25) is 9.78 Å². The summed E-state index contributed by atoms with van der Waals surface area (Å²) in [5, 5.41) is 3.55. The molecule has 2 heterocycles. The second kappa shape index (κ2) is 5.38. The Morgan fingerprint density at radius 1 is 1.45 bits per heavy atom. The van der Waals surface area contributed by atoms with Gasteiger partial charge in [-0.05, 0) is 18.2 Å². The van der Waals surface area contributed by atoms with E-state index in [9.17, 15) is 4.79 Å². The Labute approximate surface area is 124 Å². The molecule has 0 atom stereocenters. The van der Waals surface area contributed by atoms with E-state index in [1.807, 2.05) is 6.07 Å². The average molecular weight is 310 g/mol. The number of anilines is 2. The molecule has 2 aromatic rings. The first-order valence-corrected chi connectivity index (χ1v) is 7.51. The van der Waals surface area contributed by atoms with Crippen LogP contribution in [0.25, 0.3) is 0 Å². The minimum absolute atomic E-state index is 0.0814. The first-order chi connectivity index (χ1) is 9.67. The van der Waals surface area contributed by atoms with Gasteiger partial charge < -0.3 is 10.1 Å². The first kappa shape index (κ1) is 13.3. The van der Waals surface area contributed by atoms with Crippen LogP contribution in [0.2, 0.25) is 5.02 Å². The molecule has 0 saturated carbocycles. The number of hydrogen-bond acceptors (Lipinski definition) is 5. The largest absolute Gasteiger partial charge is 0.495 e. The highest BCUT2D eigenvalue weighted by Crippen LogP contribution is 2.29. The number of H-pyrrole nitrogens is 1. The molecule has 0 unspecified atom stereocenters. The van der Waals surface area contributed by atoms with Crippen molar-refractivity contribution in [2.24, 2.45) is 0 Å². The maximum absolute atomic E-state index is 11.9. The lowest BCUT2D eigenvalue weighted by Gasteiger charge is -2.09. The summed E-state index contributed by atoms with van der Waals surface area (Å²) in [4.78, 5) is 19.1. The first-order valence-electron chi connectivity index (χ1n) is 5.98. The monoisotopic (exact) mass is 309 g/mol. The van der Waals surface area contributed by atoms with E-state index in [1.54, 1.807) is 31.0 Å². The van der Waals surface area contributed by atoms with Crippen LogP contribution in [0.1, 0.15) is 11.3 Å². The summed E-state index contributed by atoms with van der Waals surface area (Å²) >= 11 is 7.75. The number of ether oxygens (including phenoxy) is 1. The van der Waals surface area contributed by atoms with Gasteiger partial charge in [-0.2, -0.15) is 11.8 Å². The molecule has 0 radical (unpaired) electrons. The Bertz CT molecular complexity index is 717. The van der Waals surface area contributed by atoms with Crippen molar-refractivity contribution in [2.45, 2.75) is 11.5 Å². The van der Waals surface area contributed by atoms with Gasteiger partial charge in [-0.25, -0.2) is 4.98 Å². The van der Waals surface area contributed by atoms with E-state index < -0.39 is 0 Å². The van der Waals surface area contributed by atoms with E-state index in [1.165, 1.54) is 0 Å². The third-order valence-electron chi connectivity index (χ3n) is 3.00. The number of nitrogens with zero attached hydrogens (tertiary/aromatic N) is 1. The van der Waals surface area contributed by atoms with Gasteiger partial charge in [0, 0.05) is 22.8 Å². The molecule has 3 rings (SSSR count). The van der Waals surface area contributed by atoms with Crippen molar-refractivity contribution >= 4 is 35.0 Å². The third kappa shape index (κ3) is 2.48. The molecule has 1 aliphatic heterocycles. The van der Waals surface area contributed by atoms with Crippen LogP contribution < -0.4 is 15.6 Å². The van der Waals surface area contributed by atoms with Crippen LogP contribution in [0.5, 0.6) is 5.75 Å². The topological polar surface area (TPSA) is 67.0 Å². The van der Waals surface area contributed by atoms with Crippen molar-refractivity contribution in [1.82, 2.24) is 9.97 Å². The zero-order valence-electron chi connectivity index (χ0n) is 10.7. The molecule has 7 heteroatoms. The average Bonchev–Trinajstić information content (AvgIpc) is 2.88. The smallest absolute Gasteiger partial charge is 0.256 e. The van der Waals surface area contributed by atoms with E-state index >= 15 is 0 Å². The quantitative estimate of drug-likeness (QED) is 0.912. The summed E-state index contributed by atoms with van der Waals surface area (Å²) in [6, 6.07) is 5.29. The Balaban J connectivity index is 1.90. The number of thioether (sulfide) groups is 1. The van der Waals surface area contributed by atoms with Crippen molar-refractivity contribution in [3.8, 4) is 5.75 Å². The lowest BCUT2D eigenvalue weighted by Crippen LogP contribution is -2.16. The zero-order chi connectivity index (χ0) is 14.1. The molecule has 1 aliphatic rings. The molecule has 1 aromatic carbocycles. The predicted molar refractivity (Wildman–Crippen MR) is 81.1 cm³/mol. The van der Waals surface area contributed by atoms with E-state index in [2.05, 4.69) is 15.3 Å². The number of methoxy groups -OCH3 is 1. The number of nitrogens with one attached hydrogen (secondary N) is 2. The van der Waals surface area contributed by atoms with Crippen molar-refractivity contribution < 1.29 is 4.74 Å². The number of halogens is 1. The maximum Gasteiger partial charge on any atom is 0.256 e. The summed E-state index contributed by atoms with van der Waals surface area (Å²) < 4.78 is 5.09. The minimum Gasteiger partial charge on any atom is -0.495 e. The number of aromatic nitrogens is 2. The van der Waals surface area contributed by atoms with Gasteiger partial charge in [-0.1, -0.05) is 11.6 Å². The number of aromatic amines is 1. The standard InChI is InChI=1S/C13H12ClN3O2S/c1-19-11-3-2-7(4-9(11)14)15-13-16-10-6-20-5-8(10)12(18)17-13/h2-4H,5-6H2,1H3,(H2,15,16,17,18). The van der Waals surface area contributed by atoms with Gasteiger partial charge in [0.15, 0.2) is 0 Å². The van der Waals surface area contributed by atoms with Crippen molar-refractivity contribution in [3.05, 3.63) is 44.8 Å². The van der Waals surface area contributed by atoms with Gasteiger partial charge >= 0.3 is 0 Å². The fourth-order valence-electron chi connectivity index (χ4n) is 2.00. The summed E-state index contributed by atoms with van der Waals surface area (Å²) in [7, 11) is 1.56. The van der Waals surface area contributed by atoms with Crippen LogP contribution in [0.3, 0.4) is 0 Å². The number of hydrogen-bond donors (Lipinski definition) is 2. The molecule has 104 valence electrons. The van der Waals surface area contributed by atoms with E-state index in [4.69, 9.17) is 16.3 Å². The SMILES string of the molecule is COc1ccc(Nc2nc3c(c(=O)[nH]2)CSC3)cc1Cl. The van der Waals surface area contributed by atoms with Crippen LogP contribution in [0.15, 0.2) is 23.0 Å². The highest BCUT2D eigenvalue weighted by Gasteiger charge is 2.17. The fourth-order valence-corrected chi connectivity index (χ4v) is 3.30. The molecule has 0 spiro atoms.